The van der Waals surface area contributed by atoms with Gasteiger partial charge in [0.2, 0.25) is 5.91 Å². The number of carboxylic acids is 1. The molecule has 8 N–H and O–H groups in total. The van der Waals surface area contributed by atoms with E-state index in [1.165, 1.54) is 38.5 Å². The Hall–Kier alpha value is -2.98. The summed E-state index contributed by atoms with van der Waals surface area (Å²) >= 11 is 0. The third-order valence-electron chi connectivity index (χ3n) is 6.69. The first-order valence-electron chi connectivity index (χ1n) is 16.4. The quantitative estimate of drug-likeness (QED) is 0.0475. The Morgan fingerprint density at radius 3 is 1.19 bits per heavy atom. The summed E-state index contributed by atoms with van der Waals surface area (Å²) in [5.41, 5.74) is 15.0. The molecule has 0 saturated heterocycles. The van der Waals surface area contributed by atoms with Crippen molar-refractivity contribution >= 4 is 29.8 Å². The molecular formula is C31H57F3N4O9. The number of halogens is 3. The zero-order chi connectivity index (χ0) is 36.0. The molecule has 0 fully saturated rings. The van der Waals surface area contributed by atoms with E-state index in [0.29, 0.717) is 45.3 Å². The second-order valence-corrected chi connectivity index (χ2v) is 11.2. The lowest BCUT2D eigenvalue weighted by molar-refractivity contribution is -0.192. The molecule has 0 radical (unpaired) electrons. The largest absolute Gasteiger partial charge is 0.490 e. The number of nitrogens with two attached hydrogens (primary N) is 3. The minimum absolute atomic E-state index is 0.103. The van der Waals surface area contributed by atoms with Crippen LogP contribution in [0.25, 0.3) is 0 Å². The molecule has 276 valence electrons. The molecular weight excluding hydrogens is 629 g/mol. The molecule has 0 heterocycles. The molecule has 0 unspecified atom stereocenters. The number of carbonyl (C=O) groups excluding carboxylic acids is 4. The molecule has 0 rings (SSSR count). The molecule has 0 aromatic rings. The highest BCUT2D eigenvalue weighted by molar-refractivity contribution is 5.77. The third-order valence-corrected chi connectivity index (χ3v) is 6.69. The van der Waals surface area contributed by atoms with Gasteiger partial charge in [0, 0.05) is 25.7 Å². The van der Waals surface area contributed by atoms with Gasteiger partial charge in [-0.05, 0) is 45.3 Å². The molecule has 0 aliphatic heterocycles. The summed E-state index contributed by atoms with van der Waals surface area (Å²) in [5.74, 6) is -4.59. The smallest absolute Gasteiger partial charge is 0.475 e. The molecule has 0 aliphatic carbocycles. The van der Waals surface area contributed by atoms with Crippen LogP contribution in [0, 0.1) is 0 Å². The van der Waals surface area contributed by atoms with E-state index in [4.69, 9.17) is 41.3 Å². The van der Waals surface area contributed by atoms with E-state index >= 15 is 0 Å². The minimum Gasteiger partial charge on any atom is -0.475 e. The summed E-state index contributed by atoms with van der Waals surface area (Å²) < 4.78 is 48.0. The van der Waals surface area contributed by atoms with Crippen molar-refractivity contribution in [3.8, 4) is 0 Å². The monoisotopic (exact) mass is 686 g/mol. The van der Waals surface area contributed by atoms with Gasteiger partial charge in [0.05, 0.1) is 0 Å². The molecule has 0 atom stereocenters. The SMILES string of the molecule is CCCCCCCCCCCCC(=O)NC(COC(=O)CCCN)(COC(=O)CCCN)COC(=O)CCCN.O=C(O)C(F)(F)F. The number of ether oxygens (including phenoxy) is 3. The first-order valence-corrected chi connectivity index (χ1v) is 16.4. The van der Waals surface area contributed by atoms with Crippen molar-refractivity contribution < 1.29 is 56.5 Å². The number of rotatable bonds is 27. The zero-order valence-electron chi connectivity index (χ0n) is 27.8. The predicted molar refractivity (Wildman–Crippen MR) is 169 cm³/mol. The fourth-order valence-corrected chi connectivity index (χ4v) is 3.98. The highest BCUT2D eigenvalue weighted by atomic mass is 19.4. The van der Waals surface area contributed by atoms with E-state index in [-0.39, 0.29) is 51.4 Å². The summed E-state index contributed by atoms with van der Waals surface area (Å²) in [4.78, 5) is 58.5. The summed E-state index contributed by atoms with van der Waals surface area (Å²) in [7, 11) is 0. The number of carboxylic acid groups (broad SMARTS) is 1. The van der Waals surface area contributed by atoms with Crippen molar-refractivity contribution in [3.63, 3.8) is 0 Å². The van der Waals surface area contributed by atoms with Gasteiger partial charge in [-0.2, -0.15) is 13.2 Å². The Kier molecular flexibility index (Phi) is 28.6. The number of aliphatic carboxylic acids is 1. The van der Waals surface area contributed by atoms with Crippen molar-refractivity contribution in [3.05, 3.63) is 0 Å². The van der Waals surface area contributed by atoms with Crippen LogP contribution in [0.1, 0.15) is 116 Å². The molecule has 13 nitrogen and oxygen atoms in total. The molecule has 0 aromatic carbocycles. The van der Waals surface area contributed by atoms with Gasteiger partial charge >= 0.3 is 30.1 Å². The standard InChI is InChI=1S/C29H56N4O7.C2HF3O2/c1-2-3-4-5-6-7-8-9-10-11-15-25(34)33-29(22-38-26(35)16-12-19-30,23-39-27(36)17-13-20-31)24-40-28(37)18-14-21-32;3-2(4,5)1(6)7/h2-24,30-32H2,1H3,(H,33,34);(H,6,7). The first-order chi connectivity index (χ1) is 22.3. The maximum Gasteiger partial charge on any atom is 0.490 e. The molecule has 47 heavy (non-hydrogen) atoms. The Morgan fingerprint density at radius 2 is 0.894 bits per heavy atom. The number of amides is 1. The van der Waals surface area contributed by atoms with Crippen LogP contribution in [0.3, 0.4) is 0 Å². The average molecular weight is 687 g/mol. The number of hydrogen-bond acceptors (Lipinski definition) is 11. The van der Waals surface area contributed by atoms with Crippen molar-refractivity contribution in [2.45, 2.75) is 128 Å². The van der Waals surface area contributed by atoms with Gasteiger partial charge in [-0.1, -0.05) is 64.7 Å². The van der Waals surface area contributed by atoms with Gasteiger partial charge < -0.3 is 41.8 Å². The Bertz CT molecular complexity index is 818. The van der Waals surface area contributed by atoms with Crippen LogP contribution in [-0.4, -0.2) is 86.1 Å². The van der Waals surface area contributed by atoms with Crippen molar-refractivity contribution in [1.82, 2.24) is 5.32 Å². The summed E-state index contributed by atoms with van der Waals surface area (Å²) in [6.45, 7) is 2.22. The first kappa shape index (κ1) is 46.1. The van der Waals surface area contributed by atoms with Crippen LogP contribution >= 0.6 is 0 Å². The van der Waals surface area contributed by atoms with Crippen LogP contribution in [0.15, 0.2) is 0 Å². The van der Waals surface area contributed by atoms with Gasteiger partial charge in [-0.25, -0.2) is 4.79 Å². The lowest BCUT2D eigenvalue weighted by atomic mass is 10.0. The Labute approximate surface area is 276 Å². The Balaban J connectivity index is 0. The predicted octanol–water partition coefficient (Wildman–Crippen LogP) is 3.63. The van der Waals surface area contributed by atoms with Crippen LogP contribution in [0.2, 0.25) is 0 Å². The van der Waals surface area contributed by atoms with Crippen LogP contribution < -0.4 is 22.5 Å². The van der Waals surface area contributed by atoms with E-state index in [2.05, 4.69) is 12.2 Å². The average Bonchev–Trinajstić information content (AvgIpc) is 3.03. The van der Waals surface area contributed by atoms with E-state index in [9.17, 15) is 32.3 Å². The van der Waals surface area contributed by atoms with Crippen molar-refractivity contribution in [1.29, 1.82) is 0 Å². The lowest BCUT2D eigenvalue weighted by Crippen LogP contribution is -2.59. The number of hydrogen-bond donors (Lipinski definition) is 5. The summed E-state index contributed by atoms with van der Waals surface area (Å²) in [6, 6.07) is 0. The molecule has 0 aromatic heterocycles. The van der Waals surface area contributed by atoms with E-state index in [1.54, 1.807) is 0 Å². The van der Waals surface area contributed by atoms with Crippen molar-refractivity contribution in [2.24, 2.45) is 17.2 Å². The highest BCUT2D eigenvalue weighted by Crippen LogP contribution is 2.15. The zero-order valence-corrected chi connectivity index (χ0v) is 27.8. The highest BCUT2D eigenvalue weighted by Gasteiger charge is 2.38. The second kappa shape index (κ2) is 29.2. The number of unbranched alkanes of at least 4 members (excludes halogenated alkanes) is 9. The second-order valence-electron chi connectivity index (χ2n) is 11.2. The molecule has 0 saturated carbocycles. The van der Waals surface area contributed by atoms with Crippen LogP contribution in [0.5, 0.6) is 0 Å². The van der Waals surface area contributed by atoms with Gasteiger partial charge in [-0.3, -0.25) is 19.2 Å². The lowest BCUT2D eigenvalue weighted by Gasteiger charge is -2.33. The third kappa shape index (κ3) is 28.9. The topological polar surface area (TPSA) is 223 Å². The maximum absolute atomic E-state index is 13.0. The number of nitrogens with one attached hydrogen (secondary N) is 1. The summed E-state index contributed by atoms with van der Waals surface area (Å²) in [6.07, 6.45) is 8.20. The number of carbonyl (C=O) groups is 5. The van der Waals surface area contributed by atoms with E-state index in [0.717, 1.165) is 19.3 Å². The van der Waals surface area contributed by atoms with Gasteiger partial charge in [-0.15, -0.1) is 0 Å². The minimum atomic E-state index is -5.08. The Morgan fingerprint density at radius 1 is 0.574 bits per heavy atom. The number of alkyl halides is 3. The fourth-order valence-electron chi connectivity index (χ4n) is 3.98. The maximum atomic E-state index is 13.0. The molecule has 0 aliphatic rings. The molecule has 1 amide bonds. The summed E-state index contributed by atoms with van der Waals surface area (Å²) in [5, 5.41) is 9.98. The molecule has 0 spiro atoms. The van der Waals surface area contributed by atoms with Crippen LogP contribution in [-0.2, 0) is 38.2 Å². The van der Waals surface area contributed by atoms with E-state index in [1.807, 2.05) is 0 Å². The normalized spacial score (nSPS) is 11.2. The van der Waals surface area contributed by atoms with Crippen LogP contribution in [0.4, 0.5) is 13.2 Å². The van der Waals surface area contributed by atoms with Crippen molar-refractivity contribution in [2.75, 3.05) is 39.5 Å². The molecule has 0 bridgehead atoms. The van der Waals surface area contributed by atoms with Gasteiger partial charge in [0.15, 0.2) is 0 Å². The van der Waals surface area contributed by atoms with Gasteiger partial charge in [0.1, 0.15) is 25.4 Å². The fraction of sp³-hybridized carbons (Fsp3) is 0.839. The number of esters is 3. The molecule has 16 heteroatoms. The van der Waals surface area contributed by atoms with Gasteiger partial charge in [0.25, 0.3) is 0 Å². The van der Waals surface area contributed by atoms with E-state index < -0.39 is 35.6 Å².